The summed E-state index contributed by atoms with van der Waals surface area (Å²) in [6, 6.07) is 0.584. The van der Waals surface area contributed by atoms with Crippen LogP contribution < -0.4 is 10.6 Å². The van der Waals surface area contributed by atoms with Gasteiger partial charge in [-0.25, -0.2) is 0 Å². The first-order chi connectivity index (χ1) is 8.17. The zero-order valence-electron chi connectivity index (χ0n) is 11.9. The van der Waals surface area contributed by atoms with Crippen LogP contribution in [0.15, 0.2) is 17.6 Å². The molecule has 1 aliphatic rings. The second-order valence-electron chi connectivity index (χ2n) is 5.24. The lowest BCUT2D eigenvalue weighted by atomic mass is 9.80. The molecule has 0 bridgehead atoms. The van der Waals surface area contributed by atoms with Gasteiger partial charge in [0.2, 0.25) is 0 Å². The van der Waals surface area contributed by atoms with Gasteiger partial charge < -0.3 is 10.6 Å². The van der Waals surface area contributed by atoms with Crippen LogP contribution in [0.1, 0.15) is 39.5 Å². The van der Waals surface area contributed by atoms with E-state index >= 15 is 0 Å². The Hall–Kier alpha value is -0.260. The monoisotopic (exact) mass is 365 g/mol. The minimum atomic E-state index is 0. The maximum absolute atomic E-state index is 4.22. The van der Waals surface area contributed by atoms with Crippen molar-refractivity contribution in [3.63, 3.8) is 0 Å². The molecule has 4 heteroatoms. The lowest BCUT2D eigenvalue weighted by Crippen LogP contribution is -2.45. The Morgan fingerprint density at radius 3 is 2.39 bits per heavy atom. The van der Waals surface area contributed by atoms with Crippen LogP contribution in [0.3, 0.4) is 0 Å². The summed E-state index contributed by atoms with van der Waals surface area (Å²) in [7, 11) is 1.82. The van der Waals surface area contributed by atoms with Crippen molar-refractivity contribution in [3.8, 4) is 0 Å². The summed E-state index contributed by atoms with van der Waals surface area (Å²) >= 11 is 0. The molecule has 106 valence electrons. The predicted octanol–water partition coefficient (Wildman–Crippen LogP) is 3.17. The minimum absolute atomic E-state index is 0. The Bertz CT molecular complexity index is 256. The van der Waals surface area contributed by atoms with Crippen LogP contribution in [0.2, 0.25) is 0 Å². The highest BCUT2D eigenvalue weighted by molar-refractivity contribution is 14.0. The van der Waals surface area contributed by atoms with Crippen LogP contribution in [0.5, 0.6) is 0 Å². The number of guanidine groups is 1. The Labute approximate surface area is 129 Å². The summed E-state index contributed by atoms with van der Waals surface area (Å²) in [5.74, 6) is 2.64. The maximum Gasteiger partial charge on any atom is 0.191 e. The molecule has 0 aliphatic heterocycles. The molecule has 0 aromatic carbocycles. The van der Waals surface area contributed by atoms with Crippen molar-refractivity contribution < 1.29 is 0 Å². The number of halogens is 1. The number of nitrogens with zero attached hydrogens (tertiary/aromatic N) is 1. The molecule has 0 aromatic heterocycles. The first-order valence-corrected chi connectivity index (χ1v) is 6.75. The van der Waals surface area contributed by atoms with Gasteiger partial charge >= 0.3 is 0 Å². The molecular weight excluding hydrogens is 337 g/mol. The maximum atomic E-state index is 4.22. The van der Waals surface area contributed by atoms with Crippen molar-refractivity contribution in [2.45, 2.75) is 45.6 Å². The van der Waals surface area contributed by atoms with E-state index in [-0.39, 0.29) is 24.0 Å². The fourth-order valence-electron chi connectivity index (χ4n) is 2.49. The van der Waals surface area contributed by atoms with Gasteiger partial charge in [0.15, 0.2) is 5.96 Å². The fraction of sp³-hybridized carbons (Fsp3) is 0.786. The van der Waals surface area contributed by atoms with E-state index in [1.165, 1.54) is 25.7 Å². The largest absolute Gasteiger partial charge is 0.354 e. The summed E-state index contributed by atoms with van der Waals surface area (Å²) in [5, 5.41) is 6.71. The van der Waals surface area contributed by atoms with Crippen molar-refractivity contribution in [3.05, 3.63) is 12.7 Å². The summed E-state index contributed by atoms with van der Waals surface area (Å²) in [4.78, 5) is 4.22. The molecule has 0 heterocycles. The van der Waals surface area contributed by atoms with Crippen LogP contribution in [0.4, 0.5) is 0 Å². The second kappa shape index (κ2) is 9.64. The number of hydrogen-bond acceptors (Lipinski definition) is 1. The van der Waals surface area contributed by atoms with Gasteiger partial charge in [-0.1, -0.05) is 19.9 Å². The number of hydrogen-bond donors (Lipinski definition) is 2. The van der Waals surface area contributed by atoms with Crippen molar-refractivity contribution >= 4 is 29.9 Å². The van der Waals surface area contributed by atoms with Crippen molar-refractivity contribution in [2.75, 3.05) is 13.6 Å². The Morgan fingerprint density at radius 1 is 1.33 bits per heavy atom. The molecule has 0 saturated heterocycles. The van der Waals surface area contributed by atoms with E-state index in [1.54, 1.807) is 0 Å². The van der Waals surface area contributed by atoms with Crippen molar-refractivity contribution in [1.29, 1.82) is 0 Å². The van der Waals surface area contributed by atoms with Gasteiger partial charge in [-0.05, 0) is 37.5 Å². The summed E-state index contributed by atoms with van der Waals surface area (Å²) in [6.07, 6.45) is 7.05. The fourth-order valence-corrected chi connectivity index (χ4v) is 2.49. The SMILES string of the molecule is C=CCNC(=NC)NC1CCC(C(C)C)CC1.I. The van der Waals surface area contributed by atoms with Gasteiger partial charge in [-0.2, -0.15) is 0 Å². The van der Waals surface area contributed by atoms with Gasteiger partial charge in [0, 0.05) is 19.6 Å². The molecule has 0 radical (unpaired) electrons. The Kier molecular flexibility index (Phi) is 9.50. The summed E-state index contributed by atoms with van der Waals surface area (Å²) in [5.41, 5.74) is 0. The lowest BCUT2D eigenvalue weighted by Gasteiger charge is -2.32. The van der Waals surface area contributed by atoms with Gasteiger partial charge in [-0.15, -0.1) is 30.6 Å². The molecule has 1 aliphatic carbocycles. The first-order valence-electron chi connectivity index (χ1n) is 6.75. The zero-order chi connectivity index (χ0) is 12.7. The molecule has 1 saturated carbocycles. The highest BCUT2D eigenvalue weighted by Crippen LogP contribution is 2.29. The van der Waals surface area contributed by atoms with Gasteiger partial charge in [0.05, 0.1) is 0 Å². The molecule has 2 N–H and O–H groups in total. The van der Waals surface area contributed by atoms with E-state index in [1.807, 2.05) is 13.1 Å². The summed E-state index contributed by atoms with van der Waals surface area (Å²) in [6.45, 7) is 9.14. The number of rotatable bonds is 4. The van der Waals surface area contributed by atoms with Gasteiger partial charge in [0.1, 0.15) is 0 Å². The number of nitrogens with one attached hydrogen (secondary N) is 2. The molecule has 0 aromatic rings. The minimum Gasteiger partial charge on any atom is -0.354 e. The molecule has 1 fully saturated rings. The van der Waals surface area contributed by atoms with E-state index in [2.05, 4.69) is 36.1 Å². The predicted molar refractivity (Wildman–Crippen MR) is 90.7 cm³/mol. The highest BCUT2D eigenvalue weighted by atomic mass is 127. The van der Waals surface area contributed by atoms with Gasteiger partial charge in [-0.3, -0.25) is 4.99 Å². The quantitative estimate of drug-likeness (QED) is 0.348. The zero-order valence-corrected chi connectivity index (χ0v) is 14.2. The Balaban J connectivity index is 0.00000289. The van der Waals surface area contributed by atoms with Crippen LogP contribution in [0.25, 0.3) is 0 Å². The average molecular weight is 365 g/mol. The van der Waals surface area contributed by atoms with E-state index in [9.17, 15) is 0 Å². The normalized spacial score (nSPS) is 24.3. The first kappa shape index (κ1) is 17.7. The molecule has 3 nitrogen and oxygen atoms in total. The standard InChI is InChI=1S/C14H27N3.HI/c1-5-10-16-14(15-4)17-13-8-6-12(7-9-13)11(2)3;/h5,11-13H,1,6-10H2,2-4H3,(H2,15,16,17);1H. The second-order valence-corrected chi connectivity index (χ2v) is 5.24. The third-order valence-corrected chi connectivity index (χ3v) is 3.69. The third-order valence-electron chi connectivity index (χ3n) is 3.69. The molecule has 18 heavy (non-hydrogen) atoms. The molecule has 1 rings (SSSR count). The van der Waals surface area contributed by atoms with Crippen LogP contribution in [0, 0.1) is 11.8 Å². The van der Waals surface area contributed by atoms with E-state index in [0.717, 1.165) is 24.3 Å². The van der Waals surface area contributed by atoms with Crippen molar-refractivity contribution in [1.82, 2.24) is 10.6 Å². The molecule has 0 atom stereocenters. The van der Waals surface area contributed by atoms with Crippen molar-refractivity contribution in [2.24, 2.45) is 16.8 Å². The molecular formula is C14H28IN3. The Morgan fingerprint density at radius 2 is 1.94 bits per heavy atom. The highest BCUT2D eigenvalue weighted by Gasteiger charge is 2.23. The third kappa shape index (κ3) is 6.07. The van der Waals surface area contributed by atoms with Gasteiger partial charge in [0.25, 0.3) is 0 Å². The van der Waals surface area contributed by atoms with E-state index < -0.39 is 0 Å². The topological polar surface area (TPSA) is 36.4 Å². The van der Waals surface area contributed by atoms with E-state index in [0.29, 0.717) is 6.04 Å². The van der Waals surface area contributed by atoms with E-state index in [4.69, 9.17) is 0 Å². The van der Waals surface area contributed by atoms with Crippen LogP contribution in [-0.4, -0.2) is 25.6 Å². The number of aliphatic imine (C=N–C) groups is 1. The molecule has 0 amide bonds. The van der Waals surface area contributed by atoms with Crippen LogP contribution >= 0.6 is 24.0 Å². The smallest absolute Gasteiger partial charge is 0.191 e. The molecule has 0 spiro atoms. The lowest BCUT2D eigenvalue weighted by molar-refractivity contribution is 0.250. The average Bonchev–Trinajstić information content (AvgIpc) is 2.35. The van der Waals surface area contributed by atoms with Crippen LogP contribution in [-0.2, 0) is 0 Å². The summed E-state index contributed by atoms with van der Waals surface area (Å²) < 4.78 is 0. The molecule has 0 unspecified atom stereocenters.